The van der Waals surface area contributed by atoms with E-state index in [0.717, 1.165) is 19.0 Å². The molecular weight excluding hydrogens is 198 g/mol. The Hall–Kier alpha value is -1.85. The maximum absolute atomic E-state index is 11.8. The topological polar surface area (TPSA) is 86.3 Å². The van der Waals surface area contributed by atoms with Crippen LogP contribution in [0.5, 0.6) is 0 Å². The molecule has 1 amide bonds. The van der Waals surface area contributed by atoms with Crippen LogP contribution in [-0.4, -0.2) is 45.2 Å². The zero-order valence-electron chi connectivity index (χ0n) is 8.06. The maximum Gasteiger partial charge on any atom is 0.339 e. The first-order chi connectivity index (χ1) is 7.20. The molecule has 1 aliphatic heterocycles. The van der Waals surface area contributed by atoms with Gasteiger partial charge in [0.25, 0.3) is 5.91 Å². The van der Waals surface area contributed by atoms with Crippen LogP contribution >= 0.6 is 0 Å². The Balaban J connectivity index is 2.24. The SMILES string of the molecule is O=C(O)c1cn[nH]c1C(=O)N1CCCC1. The number of rotatable bonds is 2. The van der Waals surface area contributed by atoms with E-state index in [2.05, 4.69) is 10.2 Å². The fourth-order valence-electron chi connectivity index (χ4n) is 1.69. The van der Waals surface area contributed by atoms with Gasteiger partial charge < -0.3 is 10.0 Å². The smallest absolute Gasteiger partial charge is 0.339 e. The van der Waals surface area contributed by atoms with E-state index in [0.29, 0.717) is 13.1 Å². The van der Waals surface area contributed by atoms with Crippen molar-refractivity contribution >= 4 is 11.9 Å². The molecule has 2 rings (SSSR count). The van der Waals surface area contributed by atoms with E-state index in [1.54, 1.807) is 4.90 Å². The minimum Gasteiger partial charge on any atom is -0.478 e. The van der Waals surface area contributed by atoms with E-state index < -0.39 is 5.97 Å². The molecule has 0 aliphatic carbocycles. The van der Waals surface area contributed by atoms with Gasteiger partial charge in [-0.2, -0.15) is 5.10 Å². The van der Waals surface area contributed by atoms with Crippen LogP contribution in [0.2, 0.25) is 0 Å². The van der Waals surface area contributed by atoms with Crippen molar-refractivity contribution in [1.82, 2.24) is 15.1 Å². The zero-order chi connectivity index (χ0) is 10.8. The van der Waals surface area contributed by atoms with Crippen molar-refractivity contribution in [3.05, 3.63) is 17.5 Å². The fourth-order valence-corrected chi connectivity index (χ4v) is 1.69. The lowest BCUT2D eigenvalue weighted by molar-refractivity contribution is 0.0680. The second kappa shape index (κ2) is 3.72. The average molecular weight is 209 g/mol. The minimum atomic E-state index is -1.13. The van der Waals surface area contributed by atoms with Gasteiger partial charge in [0.15, 0.2) is 0 Å². The van der Waals surface area contributed by atoms with Crippen LogP contribution in [0.3, 0.4) is 0 Å². The molecule has 0 unspecified atom stereocenters. The molecule has 1 aromatic rings. The van der Waals surface area contributed by atoms with Crippen LogP contribution < -0.4 is 0 Å². The van der Waals surface area contributed by atoms with Crippen LogP contribution in [0.15, 0.2) is 6.20 Å². The first kappa shape index (κ1) is 9.70. The van der Waals surface area contributed by atoms with E-state index in [9.17, 15) is 9.59 Å². The van der Waals surface area contributed by atoms with Crippen molar-refractivity contribution in [1.29, 1.82) is 0 Å². The Labute approximate surface area is 85.9 Å². The third kappa shape index (κ3) is 1.70. The molecule has 1 saturated heterocycles. The lowest BCUT2D eigenvalue weighted by Crippen LogP contribution is -2.29. The van der Waals surface area contributed by atoms with Crippen LogP contribution in [0.25, 0.3) is 0 Å². The Morgan fingerprint density at radius 3 is 2.67 bits per heavy atom. The van der Waals surface area contributed by atoms with E-state index in [-0.39, 0.29) is 17.2 Å². The van der Waals surface area contributed by atoms with Gasteiger partial charge in [0.1, 0.15) is 11.3 Å². The molecule has 80 valence electrons. The van der Waals surface area contributed by atoms with Gasteiger partial charge in [-0.3, -0.25) is 9.89 Å². The number of hydrogen-bond acceptors (Lipinski definition) is 3. The third-order valence-electron chi connectivity index (χ3n) is 2.48. The van der Waals surface area contributed by atoms with Gasteiger partial charge in [0.05, 0.1) is 6.20 Å². The lowest BCUT2D eigenvalue weighted by atomic mass is 10.2. The number of aromatic amines is 1. The minimum absolute atomic E-state index is 0.0631. The summed E-state index contributed by atoms with van der Waals surface area (Å²) in [5, 5.41) is 14.8. The first-order valence-electron chi connectivity index (χ1n) is 4.76. The second-order valence-electron chi connectivity index (χ2n) is 3.46. The molecule has 1 aromatic heterocycles. The molecule has 0 saturated carbocycles. The van der Waals surface area contributed by atoms with E-state index in [1.165, 1.54) is 0 Å². The number of amides is 1. The van der Waals surface area contributed by atoms with E-state index in [1.807, 2.05) is 0 Å². The van der Waals surface area contributed by atoms with Crippen LogP contribution in [0.1, 0.15) is 33.7 Å². The van der Waals surface area contributed by atoms with Gasteiger partial charge in [-0.1, -0.05) is 0 Å². The maximum atomic E-state index is 11.8. The second-order valence-corrected chi connectivity index (χ2v) is 3.46. The Morgan fingerprint density at radius 2 is 2.07 bits per heavy atom. The summed E-state index contributed by atoms with van der Waals surface area (Å²) in [6.07, 6.45) is 3.11. The van der Waals surface area contributed by atoms with Crippen molar-refractivity contribution in [3.8, 4) is 0 Å². The molecule has 0 bridgehead atoms. The number of nitrogens with zero attached hydrogens (tertiary/aromatic N) is 2. The normalized spacial score (nSPS) is 15.6. The van der Waals surface area contributed by atoms with Crippen molar-refractivity contribution in [2.75, 3.05) is 13.1 Å². The Morgan fingerprint density at radius 1 is 1.40 bits per heavy atom. The molecule has 0 radical (unpaired) electrons. The number of likely N-dealkylation sites (tertiary alicyclic amines) is 1. The summed E-state index contributed by atoms with van der Waals surface area (Å²) in [6, 6.07) is 0. The summed E-state index contributed by atoms with van der Waals surface area (Å²) >= 11 is 0. The molecule has 2 N–H and O–H groups in total. The Bertz CT molecular complexity index is 393. The molecule has 1 aliphatic rings. The van der Waals surface area contributed by atoms with E-state index in [4.69, 9.17) is 5.11 Å². The number of carboxylic acid groups (broad SMARTS) is 1. The van der Waals surface area contributed by atoms with Crippen LogP contribution in [0, 0.1) is 0 Å². The van der Waals surface area contributed by atoms with Crippen molar-refractivity contribution in [3.63, 3.8) is 0 Å². The predicted molar refractivity (Wildman–Crippen MR) is 50.7 cm³/mol. The number of H-pyrrole nitrogens is 1. The zero-order valence-corrected chi connectivity index (χ0v) is 8.06. The highest BCUT2D eigenvalue weighted by Crippen LogP contribution is 2.13. The average Bonchev–Trinajstić information content (AvgIpc) is 2.88. The quantitative estimate of drug-likeness (QED) is 0.735. The number of hydrogen-bond donors (Lipinski definition) is 2. The van der Waals surface area contributed by atoms with Gasteiger partial charge in [0.2, 0.25) is 0 Å². The molecule has 6 heteroatoms. The first-order valence-corrected chi connectivity index (χ1v) is 4.76. The monoisotopic (exact) mass is 209 g/mol. The highest BCUT2D eigenvalue weighted by molar-refractivity contribution is 6.03. The van der Waals surface area contributed by atoms with Crippen molar-refractivity contribution in [2.24, 2.45) is 0 Å². The molecule has 2 heterocycles. The highest BCUT2D eigenvalue weighted by Gasteiger charge is 2.25. The standard InChI is InChI=1S/C9H11N3O3/c13-8(12-3-1-2-4-12)7-6(9(14)15)5-10-11-7/h5H,1-4H2,(H,10,11)(H,14,15). The molecule has 0 aromatic carbocycles. The van der Waals surface area contributed by atoms with Crippen molar-refractivity contribution in [2.45, 2.75) is 12.8 Å². The highest BCUT2D eigenvalue weighted by atomic mass is 16.4. The summed E-state index contributed by atoms with van der Waals surface area (Å²) < 4.78 is 0. The van der Waals surface area contributed by atoms with Gasteiger partial charge in [-0.15, -0.1) is 0 Å². The van der Waals surface area contributed by atoms with Gasteiger partial charge in [-0.25, -0.2) is 4.79 Å². The number of carboxylic acids is 1. The molecule has 0 spiro atoms. The summed E-state index contributed by atoms with van der Waals surface area (Å²) in [7, 11) is 0. The third-order valence-corrected chi connectivity index (χ3v) is 2.48. The number of aromatic carboxylic acids is 1. The van der Waals surface area contributed by atoms with Crippen LogP contribution in [-0.2, 0) is 0 Å². The number of carbonyl (C=O) groups excluding carboxylic acids is 1. The number of aromatic nitrogens is 2. The Kier molecular flexibility index (Phi) is 2.40. The van der Waals surface area contributed by atoms with Crippen molar-refractivity contribution < 1.29 is 14.7 Å². The van der Waals surface area contributed by atoms with E-state index >= 15 is 0 Å². The largest absolute Gasteiger partial charge is 0.478 e. The van der Waals surface area contributed by atoms with Gasteiger partial charge in [0, 0.05) is 13.1 Å². The summed E-state index contributed by atoms with van der Waals surface area (Å²) in [6.45, 7) is 1.38. The molecular formula is C9H11N3O3. The summed E-state index contributed by atoms with van der Waals surface area (Å²) in [4.78, 5) is 24.2. The van der Waals surface area contributed by atoms with Crippen LogP contribution in [0.4, 0.5) is 0 Å². The molecule has 15 heavy (non-hydrogen) atoms. The molecule has 1 fully saturated rings. The summed E-state index contributed by atoms with van der Waals surface area (Å²) in [5.41, 5.74) is 0.0105. The number of nitrogens with one attached hydrogen (secondary N) is 1. The summed E-state index contributed by atoms with van der Waals surface area (Å²) in [5.74, 6) is -1.41. The molecule has 0 atom stereocenters. The lowest BCUT2D eigenvalue weighted by Gasteiger charge is -2.13. The predicted octanol–water partition coefficient (Wildman–Crippen LogP) is 0.344. The van der Waals surface area contributed by atoms with Gasteiger partial charge in [-0.05, 0) is 12.8 Å². The fraction of sp³-hybridized carbons (Fsp3) is 0.444. The van der Waals surface area contributed by atoms with Gasteiger partial charge >= 0.3 is 5.97 Å². The number of carbonyl (C=O) groups is 2. The molecule has 6 nitrogen and oxygen atoms in total.